The van der Waals surface area contributed by atoms with Crippen LogP contribution in [0.25, 0.3) is 21.9 Å². The van der Waals surface area contributed by atoms with Gasteiger partial charge in [-0.05, 0) is 11.4 Å². The van der Waals surface area contributed by atoms with Crippen LogP contribution in [0.2, 0.25) is 5.02 Å². The van der Waals surface area contributed by atoms with E-state index in [1.165, 1.54) is 80.4 Å². The van der Waals surface area contributed by atoms with Gasteiger partial charge in [-0.25, -0.2) is 5.57 Å². The normalized spacial score (nSPS) is 14.2. The van der Waals surface area contributed by atoms with Crippen LogP contribution < -0.4 is 0 Å². The fourth-order valence-corrected chi connectivity index (χ4v) is 4.22. The Labute approximate surface area is 225 Å². The van der Waals surface area contributed by atoms with Gasteiger partial charge in [-0.3, -0.25) is 6.08 Å². The van der Waals surface area contributed by atoms with Crippen LogP contribution >= 0.6 is 11.6 Å². The van der Waals surface area contributed by atoms with Crippen molar-refractivity contribution in [2.24, 2.45) is 5.92 Å². The molecule has 0 amide bonds. The van der Waals surface area contributed by atoms with Gasteiger partial charge in [0.25, 0.3) is 0 Å². The fraction of sp³-hybridized carbons (Fsp3) is 0.300. The second kappa shape index (κ2) is 15.8. The van der Waals surface area contributed by atoms with Crippen molar-refractivity contribution in [3.05, 3.63) is 103 Å². The van der Waals surface area contributed by atoms with Crippen molar-refractivity contribution in [2.45, 2.75) is 53.9 Å². The van der Waals surface area contributed by atoms with E-state index < -0.39 is 0 Å². The number of rotatable bonds is 4. The Balaban J connectivity index is 0.000000672. The second-order valence-electron chi connectivity index (χ2n) is 8.01. The maximum absolute atomic E-state index is 6.36. The summed E-state index contributed by atoms with van der Waals surface area (Å²) in [4.78, 5) is 0. The Kier molecular flexibility index (Phi) is 15.2. The first-order valence-corrected chi connectivity index (χ1v) is 15.5. The number of benzene rings is 2. The van der Waals surface area contributed by atoms with Crippen LogP contribution in [0.3, 0.4) is 0 Å². The molecule has 1 atom stereocenters. The molecule has 0 nitrogen and oxygen atoms in total. The summed E-state index contributed by atoms with van der Waals surface area (Å²) in [6.45, 7) is 14.0. The molecule has 3 aromatic rings. The van der Waals surface area contributed by atoms with E-state index in [4.69, 9.17) is 11.6 Å². The average molecular weight is 552 g/mol. The predicted octanol–water partition coefficient (Wildman–Crippen LogP) is 9.46. The van der Waals surface area contributed by atoms with Crippen LogP contribution in [0.15, 0.2) is 71.3 Å². The summed E-state index contributed by atoms with van der Waals surface area (Å²) in [6, 6.07) is 19.1. The van der Waals surface area contributed by atoms with Crippen molar-refractivity contribution in [3.63, 3.8) is 0 Å². The Morgan fingerprint density at radius 1 is 1.00 bits per heavy atom. The molecule has 0 heterocycles. The van der Waals surface area contributed by atoms with Crippen LogP contribution in [0, 0.1) is 26.8 Å². The molecule has 1 aliphatic rings. The number of allylic oxidation sites excluding steroid dienone is 4. The number of fused-ring (bicyclic) bond motifs is 1. The molecule has 0 bridgehead atoms. The van der Waals surface area contributed by atoms with E-state index in [1.54, 1.807) is 0 Å². The molecule has 1 aliphatic carbocycles. The van der Waals surface area contributed by atoms with E-state index in [-0.39, 0.29) is 14.9 Å². The van der Waals surface area contributed by atoms with Crippen LogP contribution in [0.4, 0.5) is 0 Å². The van der Waals surface area contributed by atoms with Crippen molar-refractivity contribution >= 4 is 29.3 Å². The summed E-state index contributed by atoms with van der Waals surface area (Å²) >= 11 is 7.72. The molecule has 176 valence electrons. The summed E-state index contributed by atoms with van der Waals surface area (Å²) < 4.78 is 0. The minimum absolute atomic E-state index is 0. The van der Waals surface area contributed by atoms with E-state index in [2.05, 4.69) is 90.0 Å². The molecule has 0 N–H and O–H groups in total. The Hall–Kier alpha value is -1.08. The third-order valence-corrected chi connectivity index (χ3v) is 6.39. The van der Waals surface area contributed by atoms with E-state index >= 15 is 0 Å². The van der Waals surface area contributed by atoms with Crippen LogP contribution in [-0.2, 0) is 29.8 Å². The molecule has 1 unspecified atom stereocenters. The molecular weight excluding hydrogens is 515 g/mol. The van der Waals surface area contributed by atoms with Gasteiger partial charge in [0.2, 0.25) is 0 Å². The maximum atomic E-state index is 6.36. The molecular formula is C30H37ClSiZr-4. The Morgan fingerprint density at radius 3 is 2.12 bits per heavy atom. The Morgan fingerprint density at radius 2 is 1.64 bits per heavy atom. The third kappa shape index (κ3) is 7.98. The first-order valence-electron chi connectivity index (χ1n) is 10.9. The Bertz CT molecular complexity index is 1060. The molecule has 0 saturated carbocycles. The molecule has 33 heavy (non-hydrogen) atoms. The van der Waals surface area contributed by atoms with Gasteiger partial charge < -0.3 is 14.9 Å². The topological polar surface area (TPSA) is 0 Å². The number of aryl methyl sites for hydroxylation is 1. The first kappa shape index (κ1) is 31.9. The quantitative estimate of drug-likeness (QED) is 0.224. The minimum atomic E-state index is 0. The van der Waals surface area contributed by atoms with Gasteiger partial charge in [0.15, 0.2) is 0 Å². The van der Waals surface area contributed by atoms with E-state index in [0.717, 1.165) is 11.4 Å². The van der Waals surface area contributed by atoms with Crippen molar-refractivity contribution in [1.29, 1.82) is 0 Å². The van der Waals surface area contributed by atoms with E-state index in [9.17, 15) is 0 Å². The molecule has 3 heteroatoms. The predicted molar refractivity (Wildman–Crippen MR) is 147 cm³/mol. The molecule has 0 aliphatic heterocycles. The third-order valence-electron chi connectivity index (χ3n) is 6.06. The van der Waals surface area contributed by atoms with E-state index in [1.807, 2.05) is 12.1 Å². The summed E-state index contributed by atoms with van der Waals surface area (Å²) in [5.74, 6) is 0.560. The van der Waals surface area contributed by atoms with Crippen LogP contribution in [0.1, 0.15) is 53.0 Å². The zero-order valence-electron chi connectivity index (χ0n) is 21.3. The van der Waals surface area contributed by atoms with Gasteiger partial charge >= 0.3 is 30.2 Å². The molecule has 0 fully saturated rings. The molecule has 3 aromatic carbocycles. The summed E-state index contributed by atoms with van der Waals surface area (Å²) in [7, 11) is 0. The van der Waals surface area contributed by atoms with Crippen molar-refractivity contribution in [1.82, 2.24) is 0 Å². The monoisotopic (exact) mass is 550 g/mol. The fourth-order valence-electron chi connectivity index (χ4n) is 3.99. The van der Waals surface area contributed by atoms with E-state index in [0.29, 0.717) is 5.92 Å². The second-order valence-corrected chi connectivity index (χ2v) is 8.42. The summed E-state index contributed by atoms with van der Waals surface area (Å²) in [6.07, 6.45) is 6.90. The van der Waals surface area contributed by atoms with Gasteiger partial charge in [0.05, 0.1) is 0 Å². The SMILES string of the molecule is CC1=[C-]C(C)C(C)=C1C.CCCCc1[cH-]c2c(Cl)cccc2c1-c1ccccc1.[CH3-].[CH3-].[Si]=[Zr]. The number of halogens is 1. The number of unbranched alkanes of at least 4 members (excludes halogenated alkanes) is 1. The van der Waals surface area contributed by atoms with Crippen LogP contribution in [-0.4, -0.2) is 6.88 Å². The van der Waals surface area contributed by atoms with Gasteiger partial charge in [0, 0.05) is 0 Å². The number of hydrogen-bond acceptors (Lipinski definition) is 0. The van der Waals surface area contributed by atoms with Crippen molar-refractivity contribution < 1.29 is 23.3 Å². The average Bonchev–Trinajstić information content (AvgIpc) is 3.28. The number of hydrogen-bond donors (Lipinski definition) is 0. The summed E-state index contributed by atoms with van der Waals surface area (Å²) in [5, 5.41) is 3.30. The van der Waals surface area contributed by atoms with Gasteiger partial charge in [-0.1, -0.05) is 94.5 Å². The van der Waals surface area contributed by atoms with Crippen LogP contribution in [0.5, 0.6) is 0 Å². The van der Waals surface area contributed by atoms with Crippen molar-refractivity contribution in [2.75, 3.05) is 0 Å². The zero-order chi connectivity index (χ0) is 23.0. The molecule has 2 radical (unpaired) electrons. The van der Waals surface area contributed by atoms with Gasteiger partial charge in [0.1, 0.15) is 0 Å². The first-order chi connectivity index (χ1) is 14.9. The molecule has 0 aromatic heterocycles. The summed E-state index contributed by atoms with van der Waals surface area (Å²) in [5.41, 5.74) is 8.31. The molecule has 0 saturated heterocycles. The van der Waals surface area contributed by atoms with Gasteiger partial charge in [-0.2, -0.15) is 11.1 Å². The molecule has 4 rings (SSSR count). The zero-order valence-corrected chi connectivity index (χ0v) is 25.5. The molecule has 0 spiro atoms. The standard InChI is InChI=1S/C19H18Cl.C9H13.2CH3.Si.Zr/c1-2-3-8-15-13-17-16(11-7-12-18(17)20)19(15)14-9-5-4-6-10-14;1-6-5-7(2)9(4)8(6)3;;;;/h4-7,9-13H,2-3,8H2,1H3;6H,1-4H3;2*1H3;;/q4*-1;;. The van der Waals surface area contributed by atoms with Crippen molar-refractivity contribution in [3.8, 4) is 11.1 Å². The van der Waals surface area contributed by atoms with Gasteiger partial charge in [-0.15, -0.1) is 52.6 Å².